The molecule has 1 aromatic heterocycles. The van der Waals surface area contributed by atoms with E-state index in [0.717, 1.165) is 37.8 Å². The number of carbonyl (C=O) groups excluding carboxylic acids is 1. The highest BCUT2D eigenvalue weighted by Crippen LogP contribution is 2.44. The van der Waals surface area contributed by atoms with Gasteiger partial charge in [0.15, 0.2) is 0 Å². The van der Waals surface area contributed by atoms with Crippen molar-refractivity contribution in [2.24, 2.45) is 11.8 Å². The van der Waals surface area contributed by atoms with Gasteiger partial charge in [-0.05, 0) is 67.6 Å². The van der Waals surface area contributed by atoms with Crippen molar-refractivity contribution in [1.82, 2.24) is 15.2 Å². The van der Waals surface area contributed by atoms with Crippen LogP contribution in [-0.2, 0) is 0 Å². The van der Waals surface area contributed by atoms with Crippen molar-refractivity contribution in [2.45, 2.75) is 50.5 Å². The van der Waals surface area contributed by atoms with Gasteiger partial charge in [0.1, 0.15) is 0 Å². The highest BCUT2D eigenvalue weighted by molar-refractivity contribution is 5.74. The molecular weight excluding hydrogens is 274 g/mol. The fourth-order valence-electron chi connectivity index (χ4n) is 4.72. The SMILES string of the molecule is O=C(N[C@@H]1C[C@H]2CC[C@@H]1C2)N1CCC(c2ccncc2)CC1. The summed E-state index contributed by atoms with van der Waals surface area (Å²) in [4.78, 5) is 18.6. The number of hydrogen-bond donors (Lipinski definition) is 1. The van der Waals surface area contributed by atoms with Crippen LogP contribution in [0, 0.1) is 11.8 Å². The Morgan fingerprint density at radius 2 is 1.86 bits per heavy atom. The zero-order valence-corrected chi connectivity index (χ0v) is 13.1. The molecule has 118 valence electrons. The van der Waals surface area contributed by atoms with Gasteiger partial charge >= 0.3 is 6.03 Å². The minimum absolute atomic E-state index is 0.172. The quantitative estimate of drug-likeness (QED) is 0.911. The van der Waals surface area contributed by atoms with Gasteiger partial charge in [0.05, 0.1) is 0 Å². The van der Waals surface area contributed by atoms with Gasteiger partial charge in [-0.1, -0.05) is 6.42 Å². The van der Waals surface area contributed by atoms with E-state index < -0.39 is 0 Å². The lowest BCUT2D eigenvalue weighted by atomic mass is 9.90. The first-order valence-corrected chi connectivity index (χ1v) is 8.75. The monoisotopic (exact) mass is 299 g/mol. The maximum absolute atomic E-state index is 12.5. The van der Waals surface area contributed by atoms with E-state index in [1.807, 2.05) is 17.3 Å². The average molecular weight is 299 g/mol. The van der Waals surface area contributed by atoms with Gasteiger partial charge in [0, 0.05) is 31.5 Å². The molecule has 1 aliphatic heterocycles. The fourth-order valence-corrected chi connectivity index (χ4v) is 4.72. The molecule has 2 aliphatic carbocycles. The predicted molar refractivity (Wildman–Crippen MR) is 85.6 cm³/mol. The number of amides is 2. The number of aromatic nitrogens is 1. The summed E-state index contributed by atoms with van der Waals surface area (Å²) in [6.45, 7) is 1.75. The van der Waals surface area contributed by atoms with Crippen molar-refractivity contribution < 1.29 is 4.79 Å². The Balaban J connectivity index is 1.29. The van der Waals surface area contributed by atoms with Crippen molar-refractivity contribution >= 4 is 6.03 Å². The number of likely N-dealkylation sites (tertiary alicyclic amines) is 1. The molecule has 4 heteroatoms. The Labute approximate surface area is 132 Å². The predicted octanol–water partition coefficient (Wildman–Crippen LogP) is 3.16. The topological polar surface area (TPSA) is 45.2 Å². The molecule has 2 saturated carbocycles. The maximum atomic E-state index is 12.5. The smallest absolute Gasteiger partial charge is 0.317 e. The third-order valence-corrected chi connectivity index (χ3v) is 6.01. The maximum Gasteiger partial charge on any atom is 0.317 e. The Morgan fingerprint density at radius 1 is 1.09 bits per heavy atom. The minimum atomic E-state index is 0.172. The van der Waals surface area contributed by atoms with Crippen molar-refractivity contribution in [3.8, 4) is 0 Å². The van der Waals surface area contributed by atoms with Crippen LogP contribution in [0.2, 0.25) is 0 Å². The molecule has 4 rings (SSSR count). The van der Waals surface area contributed by atoms with E-state index in [4.69, 9.17) is 0 Å². The van der Waals surface area contributed by atoms with Crippen LogP contribution in [0.3, 0.4) is 0 Å². The molecule has 2 amide bonds. The number of urea groups is 1. The average Bonchev–Trinajstić information content (AvgIpc) is 3.19. The number of fused-ring (bicyclic) bond motifs is 2. The van der Waals surface area contributed by atoms with E-state index in [0.29, 0.717) is 12.0 Å². The van der Waals surface area contributed by atoms with Crippen LogP contribution in [0.5, 0.6) is 0 Å². The van der Waals surface area contributed by atoms with Crippen LogP contribution in [0.1, 0.15) is 50.0 Å². The summed E-state index contributed by atoms with van der Waals surface area (Å²) < 4.78 is 0. The molecule has 3 fully saturated rings. The lowest BCUT2D eigenvalue weighted by molar-refractivity contribution is 0.173. The van der Waals surface area contributed by atoms with E-state index in [1.54, 1.807) is 0 Å². The van der Waals surface area contributed by atoms with Crippen LogP contribution < -0.4 is 5.32 Å². The first kappa shape index (κ1) is 14.0. The second-order valence-corrected chi connectivity index (χ2v) is 7.27. The Morgan fingerprint density at radius 3 is 2.50 bits per heavy atom. The molecule has 0 spiro atoms. The molecule has 1 aromatic rings. The summed E-state index contributed by atoms with van der Waals surface area (Å²) >= 11 is 0. The first-order valence-electron chi connectivity index (χ1n) is 8.75. The van der Waals surface area contributed by atoms with Crippen LogP contribution in [0.4, 0.5) is 4.79 Å². The van der Waals surface area contributed by atoms with Crippen molar-refractivity contribution in [2.75, 3.05) is 13.1 Å². The van der Waals surface area contributed by atoms with E-state index in [-0.39, 0.29) is 6.03 Å². The molecular formula is C18H25N3O. The van der Waals surface area contributed by atoms with E-state index in [1.165, 1.54) is 31.2 Å². The third-order valence-electron chi connectivity index (χ3n) is 6.01. The van der Waals surface area contributed by atoms with Gasteiger partial charge < -0.3 is 10.2 Å². The molecule has 3 aliphatic rings. The van der Waals surface area contributed by atoms with E-state index in [2.05, 4.69) is 22.4 Å². The number of hydrogen-bond acceptors (Lipinski definition) is 2. The lowest BCUT2D eigenvalue weighted by Crippen LogP contribution is -2.49. The highest BCUT2D eigenvalue weighted by Gasteiger charge is 2.40. The number of nitrogens with zero attached hydrogens (tertiary/aromatic N) is 2. The molecule has 4 nitrogen and oxygen atoms in total. The number of piperidine rings is 1. The zero-order valence-electron chi connectivity index (χ0n) is 13.1. The fraction of sp³-hybridized carbons (Fsp3) is 0.667. The van der Waals surface area contributed by atoms with E-state index in [9.17, 15) is 4.79 Å². The number of rotatable bonds is 2. The Bertz CT molecular complexity index is 524. The summed E-state index contributed by atoms with van der Waals surface area (Å²) in [5, 5.41) is 3.31. The molecule has 1 N–H and O–H groups in total. The number of carbonyl (C=O) groups is 1. The van der Waals surface area contributed by atoms with Crippen molar-refractivity contribution in [3.63, 3.8) is 0 Å². The number of pyridine rings is 1. The van der Waals surface area contributed by atoms with Gasteiger partial charge in [0.25, 0.3) is 0 Å². The Hall–Kier alpha value is -1.58. The summed E-state index contributed by atoms with van der Waals surface area (Å²) in [7, 11) is 0. The summed E-state index contributed by atoms with van der Waals surface area (Å²) in [5.74, 6) is 2.21. The minimum Gasteiger partial charge on any atom is -0.335 e. The molecule has 2 bridgehead atoms. The molecule has 0 radical (unpaired) electrons. The van der Waals surface area contributed by atoms with Gasteiger partial charge in [-0.2, -0.15) is 0 Å². The van der Waals surface area contributed by atoms with Crippen LogP contribution in [0.25, 0.3) is 0 Å². The summed E-state index contributed by atoms with van der Waals surface area (Å²) in [6, 6.07) is 4.83. The van der Waals surface area contributed by atoms with Gasteiger partial charge in [-0.15, -0.1) is 0 Å². The standard InChI is InChI=1S/C18H25N3O/c22-18(20-17-12-13-1-2-16(17)11-13)21-9-5-15(6-10-21)14-3-7-19-8-4-14/h3-4,7-8,13,15-17H,1-2,5-6,9-12H2,(H,20,22)/t13-,16+,17+/m0/s1. The normalized spacial score (nSPS) is 31.5. The second-order valence-electron chi connectivity index (χ2n) is 7.27. The van der Waals surface area contributed by atoms with Crippen LogP contribution in [0.15, 0.2) is 24.5 Å². The van der Waals surface area contributed by atoms with Gasteiger partial charge in [-0.3, -0.25) is 4.98 Å². The van der Waals surface area contributed by atoms with Crippen LogP contribution >= 0.6 is 0 Å². The molecule has 2 heterocycles. The van der Waals surface area contributed by atoms with Crippen LogP contribution in [-0.4, -0.2) is 35.0 Å². The van der Waals surface area contributed by atoms with Crippen molar-refractivity contribution in [3.05, 3.63) is 30.1 Å². The zero-order chi connectivity index (χ0) is 14.9. The molecule has 0 aromatic carbocycles. The molecule has 0 unspecified atom stereocenters. The Kier molecular flexibility index (Phi) is 3.77. The van der Waals surface area contributed by atoms with Gasteiger partial charge in [-0.25, -0.2) is 4.79 Å². The summed E-state index contributed by atoms with van der Waals surface area (Å²) in [6.07, 6.45) is 11.1. The first-order chi connectivity index (χ1) is 10.8. The van der Waals surface area contributed by atoms with Crippen molar-refractivity contribution in [1.29, 1.82) is 0 Å². The van der Waals surface area contributed by atoms with E-state index >= 15 is 0 Å². The largest absolute Gasteiger partial charge is 0.335 e. The summed E-state index contributed by atoms with van der Waals surface area (Å²) in [5.41, 5.74) is 1.36. The lowest BCUT2D eigenvalue weighted by Gasteiger charge is -2.34. The molecule has 3 atom stereocenters. The molecule has 22 heavy (non-hydrogen) atoms. The second kappa shape index (κ2) is 5.90. The molecule has 1 saturated heterocycles. The van der Waals surface area contributed by atoms with Gasteiger partial charge in [0.2, 0.25) is 0 Å². The highest BCUT2D eigenvalue weighted by atomic mass is 16.2. The number of nitrogens with one attached hydrogen (secondary N) is 1. The third kappa shape index (κ3) is 2.71.